The predicted octanol–water partition coefficient (Wildman–Crippen LogP) is 8.38. The fraction of sp³-hybridized carbons (Fsp3) is 0. The van der Waals surface area contributed by atoms with Crippen LogP contribution in [0.25, 0.3) is 78.3 Å². The Labute approximate surface area is 235 Å². The average Bonchev–Trinajstić information content (AvgIpc) is 3.43. The Morgan fingerprint density at radius 1 is 0.415 bits per heavy atom. The molecule has 4 heterocycles. The molecule has 0 aliphatic carbocycles. The largest absolute Gasteiger partial charge is 0.454 e. The van der Waals surface area contributed by atoms with Gasteiger partial charge in [-0.1, -0.05) is 91.0 Å². The monoisotopic (exact) mass is 527 g/mol. The first-order valence-electron chi connectivity index (χ1n) is 13.3. The van der Waals surface area contributed by atoms with E-state index in [-0.39, 0.29) is 0 Å². The lowest BCUT2D eigenvalue weighted by atomic mass is 10.1. The zero-order valence-corrected chi connectivity index (χ0v) is 21.8. The lowest BCUT2D eigenvalue weighted by Crippen LogP contribution is -2.00. The van der Waals surface area contributed by atoms with Crippen LogP contribution in [0.1, 0.15) is 0 Å². The molecule has 0 fully saturated rings. The van der Waals surface area contributed by atoms with Gasteiger partial charge in [-0.25, -0.2) is 15.0 Å². The van der Waals surface area contributed by atoms with Crippen molar-refractivity contribution in [2.24, 2.45) is 0 Å². The highest BCUT2D eigenvalue weighted by molar-refractivity contribution is 6.05. The zero-order chi connectivity index (χ0) is 27.2. The van der Waals surface area contributed by atoms with E-state index in [4.69, 9.17) is 24.4 Å². The zero-order valence-electron chi connectivity index (χ0n) is 21.8. The van der Waals surface area contributed by atoms with Gasteiger partial charge in [0.25, 0.3) is 0 Å². The van der Waals surface area contributed by atoms with Crippen LogP contribution in [0.2, 0.25) is 0 Å². The van der Waals surface area contributed by atoms with Crippen molar-refractivity contribution in [1.82, 2.24) is 24.9 Å². The average molecular weight is 528 g/mol. The third-order valence-corrected chi connectivity index (χ3v) is 7.21. The van der Waals surface area contributed by atoms with Crippen molar-refractivity contribution >= 4 is 32.7 Å². The molecule has 6 nitrogen and oxygen atoms in total. The van der Waals surface area contributed by atoms with Gasteiger partial charge in [-0.05, 0) is 29.7 Å². The van der Waals surface area contributed by atoms with Crippen molar-refractivity contribution in [2.75, 3.05) is 0 Å². The molecule has 192 valence electrons. The van der Waals surface area contributed by atoms with Gasteiger partial charge in [-0.2, -0.15) is 0 Å². The summed E-state index contributed by atoms with van der Waals surface area (Å²) in [5.74, 6) is 1.88. The van der Waals surface area contributed by atoms with E-state index in [0.29, 0.717) is 17.5 Å². The highest BCUT2D eigenvalue weighted by Gasteiger charge is 2.14. The first-order chi connectivity index (χ1) is 20.3. The number of benzene rings is 4. The van der Waals surface area contributed by atoms with Crippen molar-refractivity contribution in [3.63, 3.8) is 0 Å². The molecule has 4 aromatic carbocycles. The van der Waals surface area contributed by atoms with E-state index in [1.807, 2.05) is 97.2 Å². The molecule has 0 unspecified atom stereocenters. The molecule has 4 aromatic heterocycles. The van der Waals surface area contributed by atoms with E-state index < -0.39 is 0 Å². The molecule has 0 radical (unpaired) electrons. The van der Waals surface area contributed by atoms with Gasteiger partial charge in [-0.15, -0.1) is 0 Å². The molecular weight excluding hydrogens is 506 g/mol. The molecule has 0 amide bonds. The van der Waals surface area contributed by atoms with Gasteiger partial charge in [0.2, 0.25) is 0 Å². The van der Waals surface area contributed by atoms with Gasteiger partial charge in [0.1, 0.15) is 5.58 Å². The molecule has 0 bridgehead atoms. The Morgan fingerprint density at radius 3 is 1.76 bits per heavy atom. The van der Waals surface area contributed by atoms with Crippen molar-refractivity contribution in [1.29, 1.82) is 0 Å². The molecule has 0 saturated heterocycles. The Morgan fingerprint density at radius 2 is 1.02 bits per heavy atom. The van der Waals surface area contributed by atoms with Crippen molar-refractivity contribution < 1.29 is 4.42 Å². The van der Waals surface area contributed by atoms with Crippen LogP contribution in [0.15, 0.2) is 132 Å². The number of para-hydroxylation sites is 1. The van der Waals surface area contributed by atoms with Crippen molar-refractivity contribution in [2.45, 2.75) is 0 Å². The summed E-state index contributed by atoms with van der Waals surface area (Å²) in [5.41, 5.74) is 5.99. The van der Waals surface area contributed by atoms with E-state index in [9.17, 15) is 0 Å². The molecular formula is C35H21N5O. The van der Waals surface area contributed by atoms with Crippen LogP contribution in [0.4, 0.5) is 0 Å². The van der Waals surface area contributed by atoms with Crippen molar-refractivity contribution in [3.8, 4) is 45.6 Å². The summed E-state index contributed by atoms with van der Waals surface area (Å²) in [6.07, 6.45) is 3.65. The molecule has 0 aliphatic heterocycles. The summed E-state index contributed by atoms with van der Waals surface area (Å²) in [5, 5.41) is 4.14. The number of aromatic nitrogens is 5. The first kappa shape index (κ1) is 23.2. The highest BCUT2D eigenvalue weighted by atomic mass is 16.3. The summed E-state index contributed by atoms with van der Waals surface area (Å²) in [6, 6.07) is 38.3. The quantitative estimate of drug-likeness (QED) is 0.229. The first-order valence-corrected chi connectivity index (χ1v) is 13.3. The molecule has 8 aromatic rings. The van der Waals surface area contributed by atoms with Crippen LogP contribution < -0.4 is 0 Å². The SMILES string of the molecule is c1ccc(-c2nc(-c3ccccc3)nc(-c3ccc4cc(-c5cc6c(cn5)oc5ccccc56)ncc4c3)n2)cc1. The van der Waals surface area contributed by atoms with Crippen LogP contribution in [0, 0.1) is 0 Å². The topological polar surface area (TPSA) is 77.6 Å². The summed E-state index contributed by atoms with van der Waals surface area (Å²) < 4.78 is 5.94. The summed E-state index contributed by atoms with van der Waals surface area (Å²) in [4.78, 5) is 23.9. The normalized spacial score (nSPS) is 11.4. The fourth-order valence-corrected chi connectivity index (χ4v) is 5.13. The Kier molecular flexibility index (Phi) is 5.35. The molecule has 0 atom stereocenters. The van der Waals surface area contributed by atoms with Crippen LogP contribution in [-0.4, -0.2) is 24.9 Å². The van der Waals surface area contributed by atoms with Gasteiger partial charge in [0.15, 0.2) is 23.1 Å². The van der Waals surface area contributed by atoms with Crippen molar-refractivity contribution in [3.05, 3.63) is 128 Å². The number of furan rings is 1. The van der Waals surface area contributed by atoms with E-state index in [2.05, 4.69) is 29.2 Å². The maximum atomic E-state index is 5.94. The van der Waals surface area contributed by atoms with Gasteiger partial charge in [0.05, 0.1) is 17.6 Å². The highest BCUT2D eigenvalue weighted by Crippen LogP contribution is 2.32. The van der Waals surface area contributed by atoms with Crippen LogP contribution in [0.3, 0.4) is 0 Å². The van der Waals surface area contributed by atoms with Gasteiger partial charge in [-0.3, -0.25) is 9.97 Å². The predicted molar refractivity (Wildman–Crippen MR) is 162 cm³/mol. The summed E-state index contributed by atoms with van der Waals surface area (Å²) in [7, 11) is 0. The summed E-state index contributed by atoms with van der Waals surface area (Å²) >= 11 is 0. The Hall–Kier alpha value is -5.75. The summed E-state index contributed by atoms with van der Waals surface area (Å²) in [6.45, 7) is 0. The minimum atomic E-state index is 0.614. The molecule has 6 heteroatoms. The molecule has 0 saturated carbocycles. The number of fused-ring (bicyclic) bond motifs is 4. The van der Waals surface area contributed by atoms with E-state index in [0.717, 1.165) is 60.8 Å². The van der Waals surface area contributed by atoms with Crippen LogP contribution in [-0.2, 0) is 0 Å². The molecule has 8 rings (SSSR count). The van der Waals surface area contributed by atoms with E-state index in [1.165, 1.54) is 0 Å². The fourth-order valence-electron chi connectivity index (χ4n) is 5.13. The minimum Gasteiger partial charge on any atom is -0.454 e. The van der Waals surface area contributed by atoms with Gasteiger partial charge < -0.3 is 4.42 Å². The molecule has 0 spiro atoms. The van der Waals surface area contributed by atoms with E-state index in [1.54, 1.807) is 6.20 Å². The lowest BCUT2D eigenvalue weighted by Gasteiger charge is -2.09. The Bertz CT molecular complexity index is 2150. The maximum absolute atomic E-state index is 5.94. The standard InChI is InChI=1S/C35H21N5O/c1-3-9-22(10-4-1)33-38-34(23-11-5-2-6-12-23)40-35(39-33)25-16-15-24-18-29(36-20-26(24)17-25)30-19-28-27-13-7-8-14-31(27)41-32(28)21-37-30/h1-21H. The number of hydrogen-bond donors (Lipinski definition) is 0. The lowest BCUT2D eigenvalue weighted by molar-refractivity contribution is 0.667. The molecule has 0 N–H and O–H groups in total. The maximum Gasteiger partial charge on any atom is 0.164 e. The third kappa shape index (κ3) is 4.19. The van der Waals surface area contributed by atoms with E-state index >= 15 is 0 Å². The second-order valence-corrected chi connectivity index (χ2v) is 9.83. The third-order valence-electron chi connectivity index (χ3n) is 7.21. The number of pyridine rings is 2. The molecule has 0 aliphatic rings. The number of nitrogens with zero attached hydrogens (tertiary/aromatic N) is 5. The Balaban J connectivity index is 1.21. The van der Waals surface area contributed by atoms with Gasteiger partial charge >= 0.3 is 0 Å². The smallest absolute Gasteiger partial charge is 0.164 e. The van der Waals surface area contributed by atoms with Crippen LogP contribution >= 0.6 is 0 Å². The number of rotatable bonds is 4. The second-order valence-electron chi connectivity index (χ2n) is 9.83. The second kappa shape index (κ2) is 9.47. The van der Waals surface area contributed by atoms with Crippen LogP contribution in [0.5, 0.6) is 0 Å². The van der Waals surface area contributed by atoms with Gasteiger partial charge in [0, 0.05) is 39.0 Å². The number of hydrogen-bond acceptors (Lipinski definition) is 6. The minimum absolute atomic E-state index is 0.614. The molecule has 41 heavy (non-hydrogen) atoms.